The van der Waals surface area contributed by atoms with Gasteiger partial charge in [0.1, 0.15) is 22.8 Å². The van der Waals surface area contributed by atoms with Gasteiger partial charge in [0.05, 0.1) is 23.8 Å². The quantitative estimate of drug-likeness (QED) is 0.246. The Balaban J connectivity index is 1.78. The molecular weight excluding hydrogens is 470 g/mol. The van der Waals surface area contributed by atoms with Gasteiger partial charge in [-0.05, 0) is 66.7 Å². The van der Waals surface area contributed by atoms with Crippen molar-refractivity contribution in [2.45, 2.75) is 12.4 Å². The molecule has 0 atom stereocenters. The molecular formula is C23H14F6O5. The summed E-state index contributed by atoms with van der Waals surface area (Å²) in [4.78, 5) is 25.0. The Morgan fingerprint density at radius 2 is 1.09 bits per heavy atom. The zero-order chi connectivity index (χ0) is 25.1. The van der Waals surface area contributed by atoms with Crippen LogP contribution in [0, 0.1) is 0 Å². The smallest absolute Gasteiger partial charge is 0.416 e. The highest BCUT2D eigenvalue weighted by Crippen LogP contribution is 2.32. The summed E-state index contributed by atoms with van der Waals surface area (Å²) in [6.07, 6.45) is -9.12. The first-order chi connectivity index (χ1) is 15.9. The van der Waals surface area contributed by atoms with Crippen LogP contribution >= 0.6 is 0 Å². The van der Waals surface area contributed by atoms with Gasteiger partial charge < -0.3 is 14.2 Å². The van der Waals surface area contributed by atoms with Gasteiger partial charge in [0.2, 0.25) is 0 Å². The lowest BCUT2D eigenvalue weighted by molar-refractivity contribution is -0.138. The van der Waals surface area contributed by atoms with E-state index in [2.05, 4.69) is 0 Å². The number of rotatable bonds is 5. The van der Waals surface area contributed by atoms with E-state index in [9.17, 15) is 35.9 Å². The highest BCUT2D eigenvalue weighted by molar-refractivity contribution is 5.98. The predicted octanol–water partition coefficient (Wildman–Crippen LogP) is 6.17. The van der Waals surface area contributed by atoms with E-state index in [-0.39, 0.29) is 28.4 Å². The molecule has 0 radical (unpaired) electrons. The second-order valence-electron chi connectivity index (χ2n) is 6.74. The number of methoxy groups -OCH3 is 1. The first kappa shape index (κ1) is 24.6. The van der Waals surface area contributed by atoms with Gasteiger partial charge in [-0.2, -0.15) is 26.3 Å². The fraction of sp³-hybridized carbons (Fsp3) is 0.130. The van der Waals surface area contributed by atoms with Gasteiger partial charge in [-0.15, -0.1) is 0 Å². The molecule has 0 unspecified atom stereocenters. The Kier molecular flexibility index (Phi) is 6.85. The van der Waals surface area contributed by atoms with Crippen LogP contribution in [0.5, 0.6) is 17.2 Å². The summed E-state index contributed by atoms with van der Waals surface area (Å²) in [5.41, 5.74) is -2.24. The molecule has 0 amide bonds. The van der Waals surface area contributed by atoms with Crippen LogP contribution in [0.25, 0.3) is 0 Å². The lowest BCUT2D eigenvalue weighted by Crippen LogP contribution is -2.14. The standard InChI is InChI=1S/C23H14F6O5/c1-32-19-11-2-13(20(30)33-16-7-3-14(4-8-16)22(24,25)26)12-18(19)21(31)34-17-9-5-15(6-10-17)23(27,28)29/h2-12H,1H3. The van der Waals surface area contributed by atoms with Crippen molar-refractivity contribution < 1.29 is 50.1 Å². The number of esters is 2. The SMILES string of the molecule is COc1ccc(C(=O)Oc2ccc(C(F)(F)F)cc2)cc1C(=O)Oc1ccc(C(F)(F)F)cc1. The van der Waals surface area contributed by atoms with Crippen LogP contribution in [0.2, 0.25) is 0 Å². The highest BCUT2D eigenvalue weighted by atomic mass is 19.4. The molecule has 3 rings (SSSR count). The van der Waals surface area contributed by atoms with Crippen LogP contribution in [0.4, 0.5) is 26.3 Å². The number of hydrogen-bond acceptors (Lipinski definition) is 5. The van der Waals surface area contributed by atoms with Crippen molar-refractivity contribution in [1.82, 2.24) is 0 Å². The number of halogens is 6. The fourth-order valence-corrected chi connectivity index (χ4v) is 2.75. The zero-order valence-electron chi connectivity index (χ0n) is 17.2. The van der Waals surface area contributed by atoms with E-state index in [1.807, 2.05) is 0 Å². The maximum Gasteiger partial charge on any atom is 0.416 e. The van der Waals surface area contributed by atoms with E-state index in [4.69, 9.17) is 14.2 Å². The monoisotopic (exact) mass is 484 g/mol. The minimum atomic E-state index is -4.56. The second kappa shape index (κ2) is 9.46. The predicted molar refractivity (Wildman–Crippen MR) is 106 cm³/mol. The first-order valence-corrected chi connectivity index (χ1v) is 9.35. The van der Waals surface area contributed by atoms with Crippen LogP contribution in [0.1, 0.15) is 31.8 Å². The molecule has 0 aliphatic carbocycles. The summed E-state index contributed by atoms with van der Waals surface area (Å²) < 4.78 is 91.1. The molecule has 11 heteroatoms. The number of hydrogen-bond donors (Lipinski definition) is 0. The Morgan fingerprint density at radius 3 is 1.50 bits per heavy atom. The summed E-state index contributed by atoms with van der Waals surface area (Å²) in [7, 11) is 1.24. The van der Waals surface area contributed by atoms with Crippen LogP contribution < -0.4 is 14.2 Å². The van der Waals surface area contributed by atoms with Gasteiger partial charge in [0, 0.05) is 0 Å². The summed E-state index contributed by atoms with van der Waals surface area (Å²) >= 11 is 0. The first-order valence-electron chi connectivity index (χ1n) is 9.35. The molecule has 0 N–H and O–H groups in total. The molecule has 3 aromatic carbocycles. The largest absolute Gasteiger partial charge is 0.496 e. The van der Waals surface area contributed by atoms with Crippen molar-refractivity contribution in [1.29, 1.82) is 0 Å². The summed E-state index contributed by atoms with van der Waals surface area (Å²) in [5, 5.41) is 0. The molecule has 0 fully saturated rings. The topological polar surface area (TPSA) is 61.8 Å². The average Bonchev–Trinajstić information content (AvgIpc) is 2.78. The molecule has 0 heterocycles. The Morgan fingerprint density at radius 1 is 0.647 bits per heavy atom. The molecule has 34 heavy (non-hydrogen) atoms. The van der Waals surface area contributed by atoms with E-state index < -0.39 is 35.4 Å². The number of alkyl halides is 6. The van der Waals surface area contributed by atoms with Gasteiger partial charge in [0.25, 0.3) is 0 Å². The third-order valence-corrected chi connectivity index (χ3v) is 4.44. The lowest BCUT2D eigenvalue weighted by Gasteiger charge is -2.12. The molecule has 3 aromatic rings. The third-order valence-electron chi connectivity index (χ3n) is 4.44. The molecule has 178 valence electrons. The maximum absolute atomic E-state index is 12.7. The molecule has 5 nitrogen and oxygen atoms in total. The van der Waals surface area contributed by atoms with Crippen LogP contribution in [0.3, 0.4) is 0 Å². The van der Waals surface area contributed by atoms with E-state index in [1.54, 1.807) is 0 Å². The summed E-state index contributed by atoms with van der Waals surface area (Å²) in [5.74, 6) is -2.35. The fourth-order valence-electron chi connectivity index (χ4n) is 2.75. The van der Waals surface area contributed by atoms with E-state index >= 15 is 0 Å². The normalized spacial score (nSPS) is 11.6. The van der Waals surface area contributed by atoms with Gasteiger partial charge in [-0.25, -0.2) is 9.59 Å². The molecule has 0 aromatic heterocycles. The van der Waals surface area contributed by atoms with Gasteiger partial charge in [-0.1, -0.05) is 0 Å². The van der Waals surface area contributed by atoms with Crippen molar-refractivity contribution >= 4 is 11.9 Å². The molecule has 0 bridgehead atoms. The lowest BCUT2D eigenvalue weighted by atomic mass is 10.1. The minimum absolute atomic E-state index is 0.00277. The summed E-state index contributed by atoms with van der Waals surface area (Å²) in [6.45, 7) is 0. The van der Waals surface area contributed by atoms with Crippen molar-refractivity contribution in [3.05, 3.63) is 89.0 Å². The zero-order valence-corrected chi connectivity index (χ0v) is 17.2. The number of carbonyl (C=O) groups excluding carboxylic acids is 2. The molecule has 0 aliphatic heterocycles. The molecule has 0 saturated carbocycles. The Hall–Kier alpha value is -4.02. The number of benzene rings is 3. The van der Waals surface area contributed by atoms with Crippen LogP contribution in [-0.4, -0.2) is 19.0 Å². The number of carbonyl (C=O) groups is 2. The number of ether oxygens (including phenoxy) is 3. The Bertz CT molecular complexity index is 1180. The van der Waals surface area contributed by atoms with Crippen LogP contribution in [0.15, 0.2) is 66.7 Å². The highest BCUT2D eigenvalue weighted by Gasteiger charge is 2.31. The van der Waals surface area contributed by atoms with Crippen molar-refractivity contribution in [2.75, 3.05) is 7.11 Å². The third kappa shape index (κ3) is 5.85. The summed E-state index contributed by atoms with van der Waals surface area (Å²) in [6, 6.07) is 10.4. The van der Waals surface area contributed by atoms with Gasteiger partial charge in [-0.3, -0.25) is 0 Å². The molecule has 0 saturated heterocycles. The molecule has 0 spiro atoms. The van der Waals surface area contributed by atoms with Crippen LogP contribution in [-0.2, 0) is 12.4 Å². The molecule has 0 aliphatic rings. The average molecular weight is 484 g/mol. The van der Waals surface area contributed by atoms with Crippen molar-refractivity contribution in [3.63, 3.8) is 0 Å². The van der Waals surface area contributed by atoms with Gasteiger partial charge in [0.15, 0.2) is 0 Å². The second-order valence-corrected chi connectivity index (χ2v) is 6.74. The van der Waals surface area contributed by atoms with E-state index in [0.29, 0.717) is 0 Å². The Labute approximate surface area is 188 Å². The van der Waals surface area contributed by atoms with E-state index in [1.165, 1.54) is 19.2 Å². The van der Waals surface area contributed by atoms with Crippen molar-refractivity contribution in [2.24, 2.45) is 0 Å². The van der Waals surface area contributed by atoms with E-state index in [0.717, 1.165) is 54.6 Å². The maximum atomic E-state index is 12.7. The van der Waals surface area contributed by atoms with Gasteiger partial charge >= 0.3 is 24.3 Å². The minimum Gasteiger partial charge on any atom is -0.496 e. The van der Waals surface area contributed by atoms with Crippen molar-refractivity contribution in [3.8, 4) is 17.2 Å².